The molecule has 0 unspecified atom stereocenters. The van der Waals surface area contributed by atoms with Crippen LogP contribution in [0.1, 0.15) is 94.6 Å². The zero-order chi connectivity index (χ0) is 23.0. The fraction of sp³-hybridized carbons (Fsp3) is 0.500. The number of hydrogen-bond acceptors (Lipinski definition) is 4. The quantitative estimate of drug-likeness (QED) is 0.200. The Morgan fingerprint density at radius 3 is 1.41 bits per heavy atom. The third kappa shape index (κ3) is 9.67. The van der Waals surface area contributed by atoms with Gasteiger partial charge in [-0.15, -0.1) is 0 Å². The van der Waals surface area contributed by atoms with Gasteiger partial charge in [-0.1, -0.05) is 88.5 Å². The molecule has 4 nitrogen and oxygen atoms in total. The van der Waals surface area contributed by atoms with Gasteiger partial charge in [0.2, 0.25) is 0 Å². The molecule has 0 fully saturated rings. The Kier molecular flexibility index (Phi) is 12.2. The highest BCUT2D eigenvalue weighted by Gasteiger charge is 2.06. The molecule has 0 aliphatic carbocycles. The molecule has 4 heteroatoms. The molecule has 0 saturated carbocycles. The SMILES string of the molecule is Oc1cccc(O)c1C=CCCCCCCCCCCCCCCc1c(O)cccc1O. The highest BCUT2D eigenvalue weighted by atomic mass is 16.3. The molecular formula is C28H40O4. The third-order valence-corrected chi connectivity index (χ3v) is 6.02. The summed E-state index contributed by atoms with van der Waals surface area (Å²) >= 11 is 0. The van der Waals surface area contributed by atoms with E-state index in [0.29, 0.717) is 11.1 Å². The molecule has 0 atom stereocenters. The maximum Gasteiger partial charge on any atom is 0.126 e. The maximum atomic E-state index is 9.79. The number of unbranched alkanes of at least 4 members (excludes halogenated alkanes) is 12. The molecule has 2 aromatic rings. The van der Waals surface area contributed by atoms with Crippen molar-refractivity contribution in [1.29, 1.82) is 0 Å². The first kappa shape index (κ1) is 25.6. The van der Waals surface area contributed by atoms with Crippen molar-refractivity contribution < 1.29 is 20.4 Å². The Hall–Kier alpha value is -2.62. The monoisotopic (exact) mass is 440 g/mol. The van der Waals surface area contributed by atoms with Gasteiger partial charge in [0, 0.05) is 5.56 Å². The van der Waals surface area contributed by atoms with E-state index in [1.165, 1.54) is 57.8 Å². The maximum absolute atomic E-state index is 9.79. The Labute approximate surface area is 193 Å². The lowest BCUT2D eigenvalue weighted by atomic mass is 10.0. The molecule has 0 aliphatic heterocycles. The van der Waals surface area contributed by atoms with E-state index in [1.54, 1.807) is 42.5 Å². The molecule has 0 aromatic heterocycles. The summed E-state index contributed by atoms with van der Waals surface area (Å²) in [6.07, 6.45) is 20.4. The van der Waals surface area contributed by atoms with Crippen LogP contribution in [0.25, 0.3) is 6.08 Å². The third-order valence-electron chi connectivity index (χ3n) is 6.02. The van der Waals surface area contributed by atoms with E-state index in [4.69, 9.17) is 0 Å². The minimum absolute atomic E-state index is 0.119. The van der Waals surface area contributed by atoms with E-state index in [0.717, 1.165) is 32.1 Å². The molecule has 32 heavy (non-hydrogen) atoms. The topological polar surface area (TPSA) is 80.9 Å². The molecular weight excluding hydrogens is 400 g/mol. The highest BCUT2D eigenvalue weighted by molar-refractivity contribution is 5.63. The van der Waals surface area contributed by atoms with Crippen LogP contribution in [-0.4, -0.2) is 20.4 Å². The average molecular weight is 441 g/mol. The summed E-state index contributed by atoms with van der Waals surface area (Å²) in [5.41, 5.74) is 1.18. The van der Waals surface area contributed by atoms with Crippen LogP contribution in [0, 0.1) is 0 Å². The van der Waals surface area contributed by atoms with E-state index < -0.39 is 0 Å². The van der Waals surface area contributed by atoms with Crippen LogP contribution < -0.4 is 0 Å². The predicted molar refractivity (Wildman–Crippen MR) is 132 cm³/mol. The summed E-state index contributed by atoms with van der Waals surface area (Å²) in [7, 11) is 0. The molecule has 0 aliphatic rings. The van der Waals surface area contributed by atoms with Gasteiger partial charge in [-0.2, -0.15) is 0 Å². The van der Waals surface area contributed by atoms with Crippen LogP contribution in [0.15, 0.2) is 42.5 Å². The van der Waals surface area contributed by atoms with E-state index >= 15 is 0 Å². The van der Waals surface area contributed by atoms with Gasteiger partial charge in [-0.05, 0) is 49.9 Å². The van der Waals surface area contributed by atoms with Crippen molar-refractivity contribution in [1.82, 2.24) is 0 Å². The minimum atomic E-state index is 0.119. The summed E-state index contributed by atoms with van der Waals surface area (Å²) in [5, 5.41) is 39.1. The van der Waals surface area contributed by atoms with E-state index in [-0.39, 0.29) is 23.0 Å². The zero-order valence-electron chi connectivity index (χ0n) is 19.3. The Morgan fingerprint density at radius 1 is 0.500 bits per heavy atom. The number of rotatable bonds is 16. The molecule has 0 bridgehead atoms. The van der Waals surface area contributed by atoms with Gasteiger partial charge in [-0.3, -0.25) is 0 Å². The molecule has 0 saturated heterocycles. The van der Waals surface area contributed by atoms with Gasteiger partial charge in [0.25, 0.3) is 0 Å². The largest absolute Gasteiger partial charge is 0.508 e. The van der Waals surface area contributed by atoms with Crippen molar-refractivity contribution in [2.24, 2.45) is 0 Å². The van der Waals surface area contributed by atoms with Crippen LogP contribution in [0.4, 0.5) is 0 Å². The second-order valence-corrected chi connectivity index (χ2v) is 8.67. The van der Waals surface area contributed by atoms with Gasteiger partial charge in [-0.25, -0.2) is 0 Å². The first-order valence-corrected chi connectivity index (χ1v) is 12.3. The fourth-order valence-corrected chi connectivity index (χ4v) is 4.06. The van der Waals surface area contributed by atoms with Crippen LogP contribution in [0.2, 0.25) is 0 Å². The van der Waals surface area contributed by atoms with Crippen molar-refractivity contribution in [3.8, 4) is 23.0 Å². The van der Waals surface area contributed by atoms with Crippen LogP contribution in [-0.2, 0) is 6.42 Å². The van der Waals surface area contributed by atoms with E-state index in [2.05, 4.69) is 0 Å². The van der Waals surface area contributed by atoms with Gasteiger partial charge in [0.15, 0.2) is 0 Å². The van der Waals surface area contributed by atoms with Crippen molar-refractivity contribution in [2.75, 3.05) is 0 Å². The van der Waals surface area contributed by atoms with Crippen molar-refractivity contribution in [3.05, 3.63) is 53.6 Å². The van der Waals surface area contributed by atoms with Gasteiger partial charge < -0.3 is 20.4 Å². The van der Waals surface area contributed by atoms with Crippen LogP contribution >= 0.6 is 0 Å². The lowest BCUT2D eigenvalue weighted by Gasteiger charge is -2.07. The summed E-state index contributed by atoms with van der Waals surface area (Å²) in [6.45, 7) is 0. The summed E-state index contributed by atoms with van der Waals surface area (Å²) < 4.78 is 0. The Morgan fingerprint density at radius 2 is 0.906 bits per heavy atom. The van der Waals surface area contributed by atoms with Gasteiger partial charge in [0.1, 0.15) is 23.0 Å². The summed E-state index contributed by atoms with van der Waals surface area (Å²) in [6, 6.07) is 9.75. The molecule has 0 amide bonds. The normalized spacial score (nSPS) is 11.4. The molecule has 0 spiro atoms. The number of hydrogen-bond donors (Lipinski definition) is 4. The fourth-order valence-electron chi connectivity index (χ4n) is 4.06. The number of allylic oxidation sites excluding steroid dienone is 1. The lowest BCUT2D eigenvalue weighted by molar-refractivity contribution is 0.435. The predicted octanol–water partition coefficient (Wildman–Crippen LogP) is 7.84. The van der Waals surface area contributed by atoms with Crippen LogP contribution in [0.3, 0.4) is 0 Å². The van der Waals surface area contributed by atoms with E-state index in [9.17, 15) is 20.4 Å². The number of phenolic OH excluding ortho intramolecular Hbond substituents is 4. The summed E-state index contributed by atoms with van der Waals surface area (Å²) in [5.74, 6) is 0.645. The molecule has 4 N–H and O–H groups in total. The molecule has 2 aromatic carbocycles. The zero-order valence-corrected chi connectivity index (χ0v) is 19.3. The lowest BCUT2D eigenvalue weighted by Crippen LogP contribution is -1.88. The summed E-state index contributed by atoms with van der Waals surface area (Å²) in [4.78, 5) is 0. The second kappa shape index (κ2) is 15.2. The first-order chi connectivity index (χ1) is 15.6. The number of phenols is 4. The average Bonchev–Trinajstić information content (AvgIpc) is 2.77. The smallest absolute Gasteiger partial charge is 0.126 e. The number of aromatic hydroxyl groups is 4. The van der Waals surface area contributed by atoms with Crippen molar-refractivity contribution in [3.63, 3.8) is 0 Å². The van der Waals surface area contributed by atoms with Gasteiger partial charge in [0.05, 0.1) is 5.56 Å². The Bertz CT molecular complexity index is 773. The van der Waals surface area contributed by atoms with Crippen molar-refractivity contribution >= 4 is 6.08 Å². The molecule has 0 heterocycles. The first-order valence-electron chi connectivity index (χ1n) is 12.3. The number of benzene rings is 2. The highest BCUT2D eigenvalue weighted by Crippen LogP contribution is 2.29. The van der Waals surface area contributed by atoms with Crippen LogP contribution in [0.5, 0.6) is 23.0 Å². The van der Waals surface area contributed by atoms with E-state index in [1.807, 2.05) is 6.08 Å². The molecule has 176 valence electrons. The molecule has 2 rings (SSSR count). The second-order valence-electron chi connectivity index (χ2n) is 8.67. The minimum Gasteiger partial charge on any atom is -0.508 e. The van der Waals surface area contributed by atoms with Gasteiger partial charge >= 0.3 is 0 Å². The Balaban J connectivity index is 1.36. The molecule has 0 radical (unpaired) electrons. The standard InChI is InChI=1S/C28H40O4/c29-25-19-15-20-26(30)23(25)17-13-11-9-7-5-3-1-2-4-6-8-10-12-14-18-24-27(31)21-16-22-28(24)32/h13,15-17,19-22,29-32H,1-12,14,18H2. The van der Waals surface area contributed by atoms with Crippen molar-refractivity contribution in [2.45, 2.75) is 89.9 Å².